The van der Waals surface area contributed by atoms with E-state index in [0.29, 0.717) is 6.54 Å². The Bertz CT molecular complexity index is 385. The van der Waals surface area contributed by atoms with E-state index in [4.69, 9.17) is 0 Å². The first kappa shape index (κ1) is 14.7. The standard InChI is InChI=1S/C12H15Br2NO2/c1-8(9-4-3-5-10(13)6-9)15-7-11(14)12(16)17-2/h3-6,8,11,15H,7H2,1-2H3/t8-,11?/m1/s1. The Labute approximate surface area is 118 Å². The molecule has 3 nitrogen and oxygen atoms in total. The van der Waals surface area contributed by atoms with Crippen molar-refractivity contribution >= 4 is 37.8 Å². The molecular weight excluding hydrogens is 350 g/mol. The average molecular weight is 365 g/mol. The number of alkyl halides is 1. The van der Waals surface area contributed by atoms with Crippen molar-refractivity contribution in [3.05, 3.63) is 34.3 Å². The number of methoxy groups -OCH3 is 1. The molecule has 0 saturated carbocycles. The van der Waals surface area contributed by atoms with Gasteiger partial charge in [0.25, 0.3) is 0 Å². The maximum absolute atomic E-state index is 11.2. The van der Waals surface area contributed by atoms with Crippen molar-refractivity contribution < 1.29 is 9.53 Å². The summed E-state index contributed by atoms with van der Waals surface area (Å²) in [6, 6.07) is 8.25. The second kappa shape index (κ2) is 7.13. The fourth-order valence-corrected chi connectivity index (χ4v) is 2.18. The molecule has 0 aliphatic heterocycles. The maximum Gasteiger partial charge on any atom is 0.320 e. The van der Waals surface area contributed by atoms with Crippen molar-refractivity contribution in [2.24, 2.45) is 0 Å². The van der Waals surface area contributed by atoms with Gasteiger partial charge in [0.2, 0.25) is 0 Å². The molecule has 1 unspecified atom stereocenters. The number of rotatable bonds is 5. The van der Waals surface area contributed by atoms with Crippen molar-refractivity contribution in [2.45, 2.75) is 17.8 Å². The highest BCUT2D eigenvalue weighted by Gasteiger charge is 2.16. The van der Waals surface area contributed by atoms with Crippen LogP contribution in [-0.4, -0.2) is 24.5 Å². The predicted molar refractivity (Wildman–Crippen MR) is 75.3 cm³/mol. The van der Waals surface area contributed by atoms with E-state index in [1.54, 1.807) is 0 Å². The van der Waals surface area contributed by atoms with E-state index < -0.39 is 0 Å². The van der Waals surface area contributed by atoms with Crippen LogP contribution in [-0.2, 0) is 9.53 Å². The summed E-state index contributed by atoms with van der Waals surface area (Å²) in [4.78, 5) is 10.9. The van der Waals surface area contributed by atoms with E-state index in [2.05, 4.69) is 54.9 Å². The van der Waals surface area contributed by atoms with Gasteiger partial charge in [0.05, 0.1) is 7.11 Å². The summed E-state index contributed by atoms with van der Waals surface area (Å²) < 4.78 is 5.68. The molecule has 0 bridgehead atoms. The lowest BCUT2D eigenvalue weighted by molar-refractivity contribution is -0.139. The largest absolute Gasteiger partial charge is 0.468 e. The second-order valence-electron chi connectivity index (χ2n) is 3.68. The Kier molecular flexibility index (Phi) is 6.16. The van der Waals surface area contributed by atoms with Crippen LogP contribution in [0, 0.1) is 0 Å². The Balaban J connectivity index is 2.50. The minimum atomic E-state index is -0.317. The van der Waals surface area contributed by atoms with Crippen LogP contribution in [0.1, 0.15) is 18.5 Å². The van der Waals surface area contributed by atoms with Crippen LogP contribution in [0.15, 0.2) is 28.7 Å². The number of ether oxygens (including phenoxy) is 1. The molecule has 1 rings (SSSR count). The summed E-state index contributed by atoms with van der Waals surface area (Å²) in [5, 5.41) is 3.27. The predicted octanol–water partition coefficient (Wildman–Crippen LogP) is 3.04. The molecule has 94 valence electrons. The average Bonchev–Trinajstić information content (AvgIpc) is 2.34. The minimum Gasteiger partial charge on any atom is -0.468 e. The highest BCUT2D eigenvalue weighted by atomic mass is 79.9. The lowest BCUT2D eigenvalue weighted by atomic mass is 10.1. The van der Waals surface area contributed by atoms with Crippen molar-refractivity contribution in [3.63, 3.8) is 0 Å². The summed E-state index contributed by atoms with van der Waals surface area (Å²) in [6.07, 6.45) is 0. The molecule has 0 amide bonds. The van der Waals surface area contributed by atoms with Gasteiger partial charge in [-0.15, -0.1) is 0 Å². The van der Waals surface area contributed by atoms with E-state index in [1.165, 1.54) is 12.7 Å². The van der Waals surface area contributed by atoms with Gasteiger partial charge < -0.3 is 10.1 Å². The molecule has 1 aromatic carbocycles. The molecule has 0 aromatic heterocycles. The number of esters is 1. The lowest BCUT2D eigenvalue weighted by Gasteiger charge is -2.16. The zero-order valence-electron chi connectivity index (χ0n) is 9.74. The molecule has 1 N–H and O–H groups in total. The van der Waals surface area contributed by atoms with Gasteiger partial charge in [-0.05, 0) is 24.6 Å². The quantitative estimate of drug-likeness (QED) is 0.644. The molecule has 2 atom stereocenters. The van der Waals surface area contributed by atoms with E-state index in [-0.39, 0.29) is 16.8 Å². The second-order valence-corrected chi connectivity index (χ2v) is 5.70. The number of hydrogen-bond acceptors (Lipinski definition) is 3. The maximum atomic E-state index is 11.2. The monoisotopic (exact) mass is 363 g/mol. The van der Waals surface area contributed by atoms with E-state index in [0.717, 1.165) is 4.47 Å². The van der Waals surface area contributed by atoms with Gasteiger partial charge in [-0.2, -0.15) is 0 Å². The number of carbonyl (C=O) groups excluding carboxylic acids is 1. The molecule has 0 aliphatic carbocycles. The molecule has 0 fully saturated rings. The minimum absolute atomic E-state index is 0.178. The Morgan fingerprint density at radius 3 is 2.82 bits per heavy atom. The number of nitrogens with one attached hydrogen (secondary N) is 1. The highest BCUT2D eigenvalue weighted by molar-refractivity contribution is 9.10. The number of carbonyl (C=O) groups is 1. The third-order valence-electron chi connectivity index (χ3n) is 2.41. The zero-order valence-corrected chi connectivity index (χ0v) is 12.9. The van der Waals surface area contributed by atoms with Crippen LogP contribution >= 0.6 is 31.9 Å². The molecule has 0 saturated heterocycles. The van der Waals surface area contributed by atoms with Crippen LogP contribution in [0.5, 0.6) is 0 Å². The van der Waals surface area contributed by atoms with Crippen LogP contribution < -0.4 is 5.32 Å². The number of hydrogen-bond donors (Lipinski definition) is 1. The molecule has 17 heavy (non-hydrogen) atoms. The number of halogens is 2. The first-order valence-corrected chi connectivity index (χ1v) is 6.96. The van der Waals surface area contributed by atoms with Crippen molar-refractivity contribution in [3.8, 4) is 0 Å². The third-order valence-corrected chi connectivity index (χ3v) is 3.60. The molecule has 5 heteroatoms. The molecule has 0 aliphatic rings. The van der Waals surface area contributed by atoms with Crippen molar-refractivity contribution in [2.75, 3.05) is 13.7 Å². The van der Waals surface area contributed by atoms with Gasteiger partial charge in [0.1, 0.15) is 4.83 Å². The lowest BCUT2D eigenvalue weighted by Crippen LogP contribution is -2.31. The first-order valence-electron chi connectivity index (χ1n) is 5.25. The molecule has 0 radical (unpaired) electrons. The van der Waals surface area contributed by atoms with Crippen LogP contribution in [0.25, 0.3) is 0 Å². The molecule has 0 spiro atoms. The van der Waals surface area contributed by atoms with E-state index >= 15 is 0 Å². The van der Waals surface area contributed by atoms with Crippen LogP contribution in [0.4, 0.5) is 0 Å². The Morgan fingerprint density at radius 1 is 1.53 bits per heavy atom. The first-order chi connectivity index (χ1) is 8.04. The van der Waals surface area contributed by atoms with Crippen molar-refractivity contribution in [1.82, 2.24) is 5.32 Å². The zero-order chi connectivity index (χ0) is 12.8. The summed E-state index contributed by atoms with van der Waals surface area (Å²) >= 11 is 6.71. The number of benzene rings is 1. The van der Waals surface area contributed by atoms with Crippen molar-refractivity contribution in [1.29, 1.82) is 0 Å². The summed E-state index contributed by atoms with van der Waals surface area (Å²) in [5.41, 5.74) is 1.17. The Morgan fingerprint density at radius 2 is 2.24 bits per heavy atom. The van der Waals surface area contributed by atoms with Gasteiger partial charge >= 0.3 is 5.97 Å². The fourth-order valence-electron chi connectivity index (χ4n) is 1.39. The van der Waals surface area contributed by atoms with Gasteiger partial charge in [-0.3, -0.25) is 4.79 Å². The van der Waals surface area contributed by atoms with Crippen LogP contribution in [0.3, 0.4) is 0 Å². The fraction of sp³-hybridized carbons (Fsp3) is 0.417. The third kappa shape index (κ3) is 4.77. The molecular formula is C12H15Br2NO2. The smallest absolute Gasteiger partial charge is 0.320 e. The normalized spacial score (nSPS) is 14.1. The summed E-state index contributed by atoms with van der Waals surface area (Å²) in [6.45, 7) is 2.58. The summed E-state index contributed by atoms with van der Waals surface area (Å²) in [5.74, 6) is -0.265. The van der Waals surface area contributed by atoms with Gasteiger partial charge in [-0.1, -0.05) is 44.0 Å². The molecule has 0 heterocycles. The van der Waals surface area contributed by atoms with E-state index in [9.17, 15) is 4.79 Å². The SMILES string of the molecule is COC(=O)C(Br)CN[C@H](C)c1cccc(Br)c1. The molecule has 1 aromatic rings. The van der Waals surface area contributed by atoms with Gasteiger partial charge in [0.15, 0.2) is 0 Å². The Hall–Kier alpha value is -0.390. The van der Waals surface area contributed by atoms with Gasteiger partial charge in [-0.25, -0.2) is 0 Å². The topological polar surface area (TPSA) is 38.3 Å². The summed E-state index contributed by atoms with van der Waals surface area (Å²) in [7, 11) is 1.38. The van der Waals surface area contributed by atoms with E-state index in [1.807, 2.05) is 18.2 Å². The van der Waals surface area contributed by atoms with Gasteiger partial charge in [0, 0.05) is 17.1 Å². The highest BCUT2D eigenvalue weighted by Crippen LogP contribution is 2.18. The van der Waals surface area contributed by atoms with Crippen LogP contribution in [0.2, 0.25) is 0 Å².